The molecule has 0 saturated heterocycles. The Kier molecular flexibility index (Phi) is 79.7. The molecule has 0 radical (unpaired) electrons. The van der Waals surface area contributed by atoms with E-state index in [2.05, 4.69) is 305 Å². The van der Waals surface area contributed by atoms with E-state index in [-0.39, 0.29) is 0 Å². The molecule has 0 saturated carbocycles. The van der Waals surface area contributed by atoms with Gasteiger partial charge < -0.3 is 0 Å². The lowest BCUT2D eigenvalue weighted by Gasteiger charge is -2.08. The largest absolute Gasteiger partial charge is 0.252 e. The fourth-order valence-electron chi connectivity index (χ4n) is 16.2. The summed E-state index contributed by atoms with van der Waals surface area (Å²) in [5.41, 5.74) is 8.54. The van der Waals surface area contributed by atoms with E-state index in [0.29, 0.717) is 0 Å². The molecule has 136 heavy (non-hydrogen) atoms. The van der Waals surface area contributed by atoms with Crippen LogP contribution in [0.2, 0.25) is 0 Å². The number of hydrogen-bond acceptors (Lipinski definition) is 14. The van der Waals surface area contributed by atoms with Gasteiger partial charge in [0.1, 0.15) is 0 Å². The Hall–Kier alpha value is -6.02. The third-order valence-corrected chi connectivity index (χ3v) is 25.4. The summed E-state index contributed by atoms with van der Waals surface area (Å²) < 4.78 is 14.4. The predicted molar refractivity (Wildman–Crippen MR) is 582 cm³/mol. The predicted octanol–water partition coefficient (Wildman–Crippen LogP) is 32.5. The van der Waals surface area contributed by atoms with Gasteiger partial charge in [-0.15, -0.1) is 35.7 Å². The first-order chi connectivity index (χ1) is 65.1. The fourth-order valence-corrected chi connectivity index (χ4v) is 16.2. The van der Waals surface area contributed by atoms with Crippen LogP contribution in [0.3, 0.4) is 0 Å². The second kappa shape index (κ2) is 84.6. The number of aryl methyl sites for hydroxylation is 14. The van der Waals surface area contributed by atoms with Gasteiger partial charge in [0.15, 0.2) is 0 Å². The molecule has 0 unspecified atom stereocenters. The molecular formula is C115H223N21. The standard InChI is InChI=1S/3C17H33N3.4C16H31N3/c1-15(2)10-6-5-9-13-20-17(14-18-19-20)12-8-7-11-16(3)4;2*1-15(2)10-8-6-5-7-9-13-20-17(14-18-19-20)12-11-16(3)4;1-14(2)9-5-6-11-16-13-19(18-17-16)12-8-7-10-15(3)4;2*1-14(2)9-7-5-6-8-12-19-13-16(17-18-19)11-10-15(3)4;1-14(2)9-7-5-6-8-10-16-13-19(18-17-16)12-11-15(3)4/h3*14-16H,5-13H2,1-4H3;4*13-15H,5-12H2,1-4H3. The zero-order valence-electron chi connectivity index (χ0n) is 94.7. The molecule has 0 atom stereocenters. The molecule has 7 heterocycles. The van der Waals surface area contributed by atoms with E-state index in [1.165, 1.54) is 306 Å². The van der Waals surface area contributed by atoms with Gasteiger partial charge in [-0.2, -0.15) is 0 Å². The molecule has 0 bridgehead atoms. The molecule has 0 spiro atoms. The van der Waals surface area contributed by atoms with Gasteiger partial charge in [-0.1, -0.05) is 429 Å². The maximum absolute atomic E-state index is 4.26. The van der Waals surface area contributed by atoms with Crippen molar-refractivity contribution in [3.05, 3.63) is 83.2 Å². The van der Waals surface area contributed by atoms with Crippen molar-refractivity contribution < 1.29 is 0 Å². The van der Waals surface area contributed by atoms with Crippen molar-refractivity contribution in [3.63, 3.8) is 0 Å². The van der Waals surface area contributed by atoms with E-state index < -0.39 is 0 Å². The van der Waals surface area contributed by atoms with E-state index in [9.17, 15) is 0 Å². The smallest absolute Gasteiger partial charge is 0.0827 e. The molecular weight excluding hydrogens is 1680 g/mol. The highest BCUT2D eigenvalue weighted by Crippen LogP contribution is 2.22. The molecule has 7 aromatic rings. The molecule has 0 fully saturated rings. The number of aromatic nitrogens is 21. The van der Waals surface area contributed by atoms with E-state index in [0.717, 1.165) is 196 Å². The van der Waals surface area contributed by atoms with E-state index in [1.54, 1.807) is 0 Å². The van der Waals surface area contributed by atoms with Gasteiger partial charge >= 0.3 is 0 Å². The van der Waals surface area contributed by atoms with Crippen molar-refractivity contribution >= 4 is 0 Å². The van der Waals surface area contributed by atoms with Crippen LogP contribution >= 0.6 is 0 Å². The lowest BCUT2D eigenvalue weighted by Crippen LogP contribution is -2.06. The Bertz CT molecular complexity index is 3400. The summed E-state index contributed by atoms with van der Waals surface area (Å²) in [6.45, 7) is 71.1. The lowest BCUT2D eigenvalue weighted by molar-refractivity contribution is 0.474. The van der Waals surface area contributed by atoms with Gasteiger partial charge in [-0.05, 0) is 218 Å². The highest BCUT2D eigenvalue weighted by atomic mass is 15.5. The summed E-state index contributed by atoms with van der Waals surface area (Å²) in [5.74, 6) is 11.2. The van der Waals surface area contributed by atoms with Crippen LogP contribution in [0.25, 0.3) is 0 Å². The summed E-state index contributed by atoms with van der Waals surface area (Å²) in [6, 6.07) is 0. The van der Waals surface area contributed by atoms with Crippen LogP contribution in [0.5, 0.6) is 0 Å². The normalized spacial score (nSPS) is 11.7. The molecule has 0 aliphatic carbocycles. The average Bonchev–Trinajstić information content (AvgIpc) is 1.79. The van der Waals surface area contributed by atoms with Gasteiger partial charge in [0, 0.05) is 70.6 Å². The highest BCUT2D eigenvalue weighted by molar-refractivity contribution is 4.98. The Balaban J connectivity index is 0.000000793. The number of nitrogens with zero attached hydrogens (tertiary/aromatic N) is 21. The third kappa shape index (κ3) is 79.6. The first-order valence-electron chi connectivity index (χ1n) is 57.3. The van der Waals surface area contributed by atoms with Crippen LogP contribution in [0.1, 0.15) is 523 Å². The summed E-state index contributed by atoms with van der Waals surface area (Å²) in [5, 5.41) is 58.7. The van der Waals surface area contributed by atoms with Crippen molar-refractivity contribution in [2.45, 2.75) is 574 Å². The minimum absolute atomic E-state index is 0.730. The molecule has 21 heteroatoms. The number of unbranched alkanes of at least 4 members (excludes halogenated alkanes) is 22. The quantitative estimate of drug-likeness (QED) is 0.0324. The van der Waals surface area contributed by atoms with Crippen molar-refractivity contribution in [1.82, 2.24) is 105 Å². The summed E-state index contributed by atoms with van der Waals surface area (Å²) >= 11 is 0. The van der Waals surface area contributed by atoms with Crippen molar-refractivity contribution in [2.24, 2.45) is 82.9 Å². The monoisotopic (exact) mass is 1900 g/mol. The maximum Gasteiger partial charge on any atom is 0.0827 e. The zero-order valence-corrected chi connectivity index (χ0v) is 94.7. The van der Waals surface area contributed by atoms with Gasteiger partial charge in [0.25, 0.3) is 0 Å². The molecule has 0 aromatic carbocycles. The second-order valence-electron chi connectivity index (χ2n) is 46.5. The topological polar surface area (TPSA) is 215 Å². The van der Waals surface area contributed by atoms with Crippen molar-refractivity contribution in [2.75, 3.05) is 0 Å². The third-order valence-electron chi connectivity index (χ3n) is 25.4. The van der Waals surface area contributed by atoms with Crippen LogP contribution in [0.4, 0.5) is 0 Å². The summed E-state index contributed by atoms with van der Waals surface area (Å²) in [6.07, 6.45) is 80.9. The Morgan fingerprint density at radius 3 is 0.625 bits per heavy atom. The van der Waals surface area contributed by atoms with E-state index in [4.69, 9.17) is 0 Å². The fraction of sp³-hybridized carbons (Fsp3) is 0.878. The van der Waals surface area contributed by atoms with Gasteiger partial charge in [0.2, 0.25) is 0 Å². The zero-order chi connectivity index (χ0) is 101. The molecule has 7 aromatic heterocycles. The lowest BCUT2D eigenvalue weighted by atomic mass is 10.0. The van der Waals surface area contributed by atoms with Crippen LogP contribution in [-0.4, -0.2) is 105 Å². The average molecular weight is 1900 g/mol. The van der Waals surface area contributed by atoms with Gasteiger partial charge in [-0.3, -0.25) is 18.7 Å². The molecule has 0 aliphatic rings. The van der Waals surface area contributed by atoms with Crippen molar-refractivity contribution in [1.29, 1.82) is 0 Å². The molecule has 21 nitrogen and oxygen atoms in total. The molecule has 0 N–H and O–H groups in total. The summed E-state index contributed by atoms with van der Waals surface area (Å²) in [7, 11) is 0. The Labute approximate surface area is 839 Å². The van der Waals surface area contributed by atoms with Gasteiger partial charge in [-0.25, -0.2) is 14.0 Å². The number of rotatable bonds is 73. The molecule has 0 aliphatic heterocycles. The van der Waals surface area contributed by atoms with Gasteiger partial charge in [0.05, 0.1) is 58.4 Å². The second-order valence-corrected chi connectivity index (χ2v) is 46.5. The van der Waals surface area contributed by atoms with E-state index >= 15 is 0 Å². The Morgan fingerprint density at radius 1 is 0.162 bits per heavy atom. The van der Waals surface area contributed by atoms with E-state index in [1.807, 2.05) is 37.3 Å². The molecule has 0 amide bonds. The van der Waals surface area contributed by atoms with Crippen LogP contribution < -0.4 is 0 Å². The SMILES string of the molecule is CC(C)CCCCCCCn1nncc1CCC(C)C.CC(C)CCCCCCCn1nncc1CCC(C)C.CC(C)CCCCCCc1cn(CCC(C)C)nn1.CC(C)CCCCCCn1cc(CCC(C)C)nn1.CC(C)CCCCCCn1cc(CCC(C)C)nn1.CC(C)CCCCCn1nncc1CCCCC(C)C.CC(C)CCCCc1cn(CCCCC(C)C)nn1. The van der Waals surface area contributed by atoms with Crippen molar-refractivity contribution in [3.8, 4) is 0 Å². The van der Waals surface area contributed by atoms with Crippen LogP contribution in [0, 0.1) is 82.9 Å². The molecule has 7 rings (SSSR count). The Morgan fingerprint density at radius 2 is 0.346 bits per heavy atom. The minimum atomic E-state index is 0.730. The first-order valence-corrected chi connectivity index (χ1v) is 57.3. The number of hydrogen-bond donors (Lipinski definition) is 0. The van der Waals surface area contributed by atoms with Crippen LogP contribution in [0.15, 0.2) is 43.4 Å². The summed E-state index contributed by atoms with van der Waals surface area (Å²) in [4.78, 5) is 0. The highest BCUT2D eigenvalue weighted by Gasteiger charge is 2.13. The molecule has 788 valence electrons. The van der Waals surface area contributed by atoms with Crippen LogP contribution in [-0.2, 0) is 90.8 Å². The maximum atomic E-state index is 4.26. The first kappa shape index (κ1) is 128. The minimum Gasteiger partial charge on any atom is -0.252 e.